The van der Waals surface area contributed by atoms with Crippen LogP contribution >= 0.6 is 22.9 Å². The van der Waals surface area contributed by atoms with Crippen molar-refractivity contribution in [1.82, 2.24) is 4.98 Å². The van der Waals surface area contributed by atoms with E-state index in [0.29, 0.717) is 5.52 Å². The number of thiazole rings is 1. The van der Waals surface area contributed by atoms with E-state index in [0.717, 1.165) is 16.0 Å². The summed E-state index contributed by atoms with van der Waals surface area (Å²) in [6.07, 6.45) is 0. The zero-order chi connectivity index (χ0) is 9.47. The Kier molecular flexibility index (Phi) is 1.96. The molecule has 0 aliphatic heterocycles. The molecule has 1 aromatic heterocycles. The molecule has 0 bridgehead atoms. The quantitative estimate of drug-likeness (QED) is 0.668. The van der Waals surface area contributed by atoms with Crippen molar-refractivity contribution in [2.75, 3.05) is 0 Å². The van der Waals surface area contributed by atoms with Gasteiger partial charge >= 0.3 is 5.38 Å². The molecule has 2 aromatic rings. The average Bonchev–Trinajstić information content (AvgIpc) is 2.45. The molecule has 0 N–H and O–H groups in total. The third-order valence-electron chi connectivity index (χ3n) is 1.54. The largest absolute Gasteiger partial charge is 0.374 e. The molecule has 1 aromatic carbocycles. The van der Waals surface area contributed by atoms with E-state index in [1.165, 1.54) is 0 Å². The number of aromatic nitrogens is 1. The summed E-state index contributed by atoms with van der Waals surface area (Å²) in [4.78, 5) is 3.72. The molecule has 0 amide bonds. The molecule has 5 heteroatoms. The van der Waals surface area contributed by atoms with Crippen molar-refractivity contribution >= 4 is 33.2 Å². The van der Waals surface area contributed by atoms with E-state index in [9.17, 15) is 8.78 Å². The third kappa shape index (κ3) is 1.64. The van der Waals surface area contributed by atoms with Crippen molar-refractivity contribution in [3.05, 3.63) is 29.3 Å². The van der Waals surface area contributed by atoms with E-state index in [2.05, 4.69) is 4.98 Å². The lowest BCUT2D eigenvalue weighted by Gasteiger charge is -2.00. The maximum Gasteiger partial charge on any atom is 0.374 e. The van der Waals surface area contributed by atoms with Gasteiger partial charge in [0, 0.05) is 0 Å². The number of alkyl halides is 3. The molecule has 13 heavy (non-hydrogen) atoms. The molecule has 0 atom stereocenters. The van der Waals surface area contributed by atoms with Gasteiger partial charge in [-0.1, -0.05) is 12.1 Å². The standard InChI is InChI=1S/C8H4ClF2NS/c9-8(10,11)7-12-5-3-1-2-4-6(5)13-7/h1-4H. The normalized spacial score (nSPS) is 12.2. The maximum atomic E-state index is 12.6. The highest BCUT2D eigenvalue weighted by atomic mass is 35.5. The van der Waals surface area contributed by atoms with Crippen molar-refractivity contribution in [2.24, 2.45) is 0 Å². The van der Waals surface area contributed by atoms with Crippen LogP contribution in [0, 0.1) is 0 Å². The van der Waals surface area contributed by atoms with Crippen LogP contribution in [0.4, 0.5) is 8.78 Å². The lowest BCUT2D eigenvalue weighted by atomic mass is 10.3. The Balaban J connectivity index is 2.63. The van der Waals surface area contributed by atoms with Gasteiger partial charge in [0.15, 0.2) is 5.01 Å². The number of benzene rings is 1. The summed E-state index contributed by atoms with van der Waals surface area (Å²) in [5, 5.41) is -3.71. The van der Waals surface area contributed by atoms with Crippen LogP contribution in [0.25, 0.3) is 10.2 Å². The summed E-state index contributed by atoms with van der Waals surface area (Å²) in [7, 11) is 0. The molecular formula is C8H4ClF2NS. The van der Waals surface area contributed by atoms with E-state index in [1.54, 1.807) is 24.3 Å². The van der Waals surface area contributed by atoms with Crippen LogP contribution in [-0.2, 0) is 5.38 Å². The van der Waals surface area contributed by atoms with Crippen LogP contribution < -0.4 is 0 Å². The van der Waals surface area contributed by atoms with Crippen LogP contribution in [-0.4, -0.2) is 4.98 Å². The first-order chi connectivity index (χ1) is 6.07. The third-order valence-corrected chi connectivity index (χ3v) is 2.93. The fourth-order valence-corrected chi connectivity index (χ4v) is 1.98. The molecule has 68 valence electrons. The lowest BCUT2D eigenvalue weighted by molar-refractivity contribution is 0.0950. The molecule has 0 saturated heterocycles. The Labute approximate surface area is 82.0 Å². The van der Waals surface area contributed by atoms with Crippen molar-refractivity contribution in [2.45, 2.75) is 5.38 Å². The summed E-state index contributed by atoms with van der Waals surface area (Å²) in [5.41, 5.74) is 0.558. The van der Waals surface area contributed by atoms with E-state index < -0.39 is 5.38 Å². The number of rotatable bonds is 1. The van der Waals surface area contributed by atoms with Gasteiger partial charge in [0.2, 0.25) is 0 Å². The Bertz CT molecular complexity index is 402. The van der Waals surface area contributed by atoms with Gasteiger partial charge in [0.1, 0.15) is 0 Å². The Morgan fingerprint density at radius 1 is 1.31 bits per heavy atom. The zero-order valence-electron chi connectivity index (χ0n) is 6.30. The summed E-state index contributed by atoms with van der Waals surface area (Å²) in [6, 6.07) is 6.94. The van der Waals surface area contributed by atoms with E-state index in [1.807, 2.05) is 0 Å². The summed E-state index contributed by atoms with van der Waals surface area (Å²) in [5.74, 6) is 0. The Hall–Kier alpha value is -0.740. The van der Waals surface area contributed by atoms with Gasteiger partial charge in [-0.15, -0.1) is 11.3 Å². The number of halogens is 3. The van der Waals surface area contributed by atoms with Crippen molar-refractivity contribution in [3.8, 4) is 0 Å². The predicted molar refractivity (Wildman–Crippen MR) is 49.4 cm³/mol. The molecule has 2 rings (SSSR count). The first-order valence-electron chi connectivity index (χ1n) is 3.50. The van der Waals surface area contributed by atoms with Gasteiger partial charge in [-0.2, -0.15) is 8.78 Å². The minimum atomic E-state index is -3.36. The van der Waals surface area contributed by atoms with Gasteiger partial charge in [0.05, 0.1) is 10.2 Å². The molecule has 0 aliphatic carbocycles. The molecule has 0 unspecified atom stereocenters. The SMILES string of the molecule is FC(F)(Cl)c1nc2ccccc2s1. The van der Waals surface area contributed by atoms with Gasteiger partial charge in [-0.3, -0.25) is 0 Å². The van der Waals surface area contributed by atoms with Gasteiger partial charge in [-0.25, -0.2) is 4.98 Å². The molecule has 1 heterocycles. The first kappa shape index (κ1) is 8.84. The number of hydrogen-bond donors (Lipinski definition) is 0. The second kappa shape index (κ2) is 2.89. The van der Waals surface area contributed by atoms with Crippen molar-refractivity contribution < 1.29 is 8.78 Å². The van der Waals surface area contributed by atoms with Gasteiger partial charge in [0.25, 0.3) is 0 Å². The van der Waals surface area contributed by atoms with Crippen molar-refractivity contribution in [3.63, 3.8) is 0 Å². The number of para-hydroxylation sites is 1. The lowest BCUT2D eigenvalue weighted by Crippen LogP contribution is -2.01. The predicted octanol–water partition coefficient (Wildman–Crippen LogP) is 3.58. The van der Waals surface area contributed by atoms with Crippen LogP contribution in [0.15, 0.2) is 24.3 Å². The molecule has 0 spiro atoms. The van der Waals surface area contributed by atoms with Crippen LogP contribution in [0.3, 0.4) is 0 Å². The Morgan fingerprint density at radius 2 is 2.00 bits per heavy atom. The molecule has 0 radical (unpaired) electrons. The van der Waals surface area contributed by atoms with E-state index in [4.69, 9.17) is 11.6 Å². The molecule has 0 fully saturated rings. The second-order valence-corrected chi connectivity index (χ2v) is 3.99. The number of hydrogen-bond acceptors (Lipinski definition) is 2. The summed E-state index contributed by atoms with van der Waals surface area (Å²) >= 11 is 5.76. The van der Waals surface area contributed by atoms with E-state index >= 15 is 0 Å². The first-order valence-corrected chi connectivity index (χ1v) is 4.69. The Morgan fingerprint density at radius 3 is 2.62 bits per heavy atom. The zero-order valence-corrected chi connectivity index (χ0v) is 7.87. The van der Waals surface area contributed by atoms with Crippen LogP contribution in [0.5, 0.6) is 0 Å². The molecule has 0 saturated carbocycles. The monoisotopic (exact) mass is 219 g/mol. The highest BCUT2D eigenvalue weighted by Crippen LogP contribution is 2.37. The van der Waals surface area contributed by atoms with Crippen LogP contribution in [0.2, 0.25) is 0 Å². The number of nitrogens with zero attached hydrogens (tertiary/aromatic N) is 1. The fourth-order valence-electron chi connectivity index (χ4n) is 0.993. The summed E-state index contributed by atoms with van der Waals surface area (Å²) in [6.45, 7) is 0. The van der Waals surface area contributed by atoms with E-state index in [-0.39, 0.29) is 5.01 Å². The molecule has 0 aliphatic rings. The maximum absolute atomic E-state index is 12.6. The second-order valence-electron chi connectivity index (χ2n) is 2.48. The summed E-state index contributed by atoms with van der Waals surface area (Å²) < 4.78 is 25.9. The van der Waals surface area contributed by atoms with Gasteiger partial charge < -0.3 is 0 Å². The smallest absolute Gasteiger partial charge is 0.233 e. The minimum absolute atomic E-state index is 0.352. The highest BCUT2D eigenvalue weighted by molar-refractivity contribution is 7.18. The highest BCUT2D eigenvalue weighted by Gasteiger charge is 2.31. The molecular weight excluding hydrogens is 216 g/mol. The minimum Gasteiger partial charge on any atom is -0.233 e. The fraction of sp³-hybridized carbons (Fsp3) is 0.125. The number of fused-ring (bicyclic) bond motifs is 1. The average molecular weight is 220 g/mol. The van der Waals surface area contributed by atoms with Gasteiger partial charge in [-0.05, 0) is 23.7 Å². The van der Waals surface area contributed by atoms with Crippen LogP contribution in [0.1, 0.15) is 5.01 Å². The van der Waals surface area contributed by atoms with Crippen molar-refractivity contribution in [1.29, 1.82) is 0 Å². The molecule has 1 nitrogen and oxygen atoms in total. The topological polar surface area (TPSA) is 12.9 Å².